The Morgan fingerprint density at radius 3 is 2.46 bits per heavy atom. The van der Waals surface area contributed by atoms with Gasteiger partial charge in [0.05, 0.1) is 11.4 Å². The predicted octanol–water partition coefficient (Wildman–Crippen LogP) is 4.46. The van der Waals surface area contributed by atoms with Gasteiger partial charge in [-0.05, 0) is 76.2 Å². The Morgan fingerprint density at radius 1 is 1.04 bits per heavy atom. The van der Waals surface area contributed by atoms with Gasteiger partial charge in [-0.2, -0.15) is 0 Å². The van der Waals surface area contributed by atoms with Gasteiger partial charge in [0, 0.05) is 19.1 Å². The van der Waals surface area contributed by atoms with Crippen LogP contribution in [0.2, 0.25) is 0 Å². The largest absolute Gasteiger partial charge is 0.397 e. The number of nitrogens with zero attached hydrogens (tertiary/aromatic N) is 2. The Balaban J connectivity index is 1.47. The van der Waals surface area contributed by atoms with E-state index in [4.69, 9.17) is 5.73 Å². The highest BCUT2D eigenvalue weighted by Crippen LogP contribution is 2.28. The summed E-state index contributed by atoms with van der Waals surface area (Å²) in [7, 11) is 2.31. The number of hydrogen-bond donors (Lipinski definition) is 1. The molecule has 0 aromatic heterocycles. The number of rotatable bonds is 6. The van der Waals surface area contributed by atoms with E-state index in [9.17, 15) is 0 Å². The van der Waals surface area contributed by atoms with Crippen molar-refractivity contribution in [3.8, 4) is 0 Å². The van der Waals surface area contributed by atoms with Gasteiger partial charge in [-0.1, -0.05) is 25.3 Å². The fraction of sp³-hybridized carbons (Fsp3) is 0.714. The molecule has 1 saturated carbocycles. The smallest absolute Gasteiger partial charge is 0.0600 e. The van der Waals surface area contributed by atoms with Crippen molar-refractivity contribution in [2.75, 3.05) is 37.3 Å². The number of nitrogens with two attached hydrogens (primary N) is 1. The second kappa shape index (κ2) is 8.75. The van der Waals surface area contributed by atoms with Gasteiger partial charge in [0.25, 0.3) is 0 Å². The predicted molar refractivity (Wildman–Crippen MR) is 105 cm³/mol. The van der Waals surface area contributed by atoms with Crippen LogP contribution in [0.1, 0.15) is 63.4 Å². The normalized spacial score (nSPS) is 19.8. The molecule has 2 N–H and O–H groups in total. The quantitative estimate of drug-likeness (QED) is 0.782. The maximum Gasteiger partial charge on any atom is 0.0600 e. The number of nitrogen functional groups attached to an aromatic ring is 1. The van der Waals surface area contributed by atoms with Gasteiger partial charge in [-0.25, -0.2) is 0 Å². The van der Waals surface area contributed by atoms with E-state index in [2.05, 4.69) is 35.0 Å². The van der Waals surface area contributed by atoms with E-state index in [1.165, 1.54) is 75.6 Å². The molecule has 0 bridgehead atoms. The molecule has 3 rings (SSSR count). The third-order valence-corrected chi connectivity index (χ3v) is 5.96. The minimum absolute atomic E-state index is 0.824. The first-order valence-corrected chi connectivity index (χ1v) is 10.1. The van der Waals surface area contributed by atoms with E-state index in [-0.39, 0.29) is 0 Å². The number of anilines is 2. The van der Waals surface area contributed by atoms with Crippen LogP contribution in [0.4, 0.5) is 11.4 Å². The first-order valence-electron chi connectivity index (χ1n) is 10.1. The number of piperidine rings is 1. The lowest BCUT2D eigenvalue weighted by Crippen LogP contribution is -2.34. The van der Waals surface area contributed by atoms with E-state index in [0.717, 1.165) is 31.2 Å². The van der Waals surface area contributed by atoms with Crippen LogP contribution < -0.4 is 10.6 Å². The molecule has 2 fully saturated rings. The molecule has 134 valence electrons. The van der Waals surface area contributed by atoms with Gasteiger partial charge in [-0.3, -0.25) is 0 Å². The van der Waals surface area contributed by atoms with Crippen molar-refractivity contribution < 1.29 is 0 Å². The molecule has 1 aliphatic heterocycles. The van der Waals surface area contributed by atoms with Crippen molar-refractivity contribution in [2.45, 2.75) is 70.3 Å². The minimum atomic E-state index is 0.824. The highest BCUT2D eigenvalue weighted by molar-refractivity contribution is 5.68. The number of aryl methyl sites for hydroxylation is 1. The molecule has 3 nitrogen and oxygen atoms in total. The Bertz CT molecular complexity index is 502. The second-order valence-electron chi connectivity index (χ2n) is 7.82. The summed E-state index contributed by atoms with van der Waals surface area (Å²) in [6.45, 7) is 3.53. The molecular formula is C21H35N3. The van der Waals surface area contributed by atoms with Crippen LogP contribution in [0.5, 0.6) is 0 Å². The standard InChI is InChI=1S/C21H35N3/c1-23(19-10-4-2-5-11-19)14-8-9-18-12-13-21(20(22)17-18)24-15-6-3-7-16-24/h12-13,17,19H,2-11,14-16,22H2,1H3. The summed E-state index contributed by atoms with van der Waals surface area (Å²) in [6, 6.07) is 7.58. The molecule has 0 unspecified atom stereocenters. The van der Waals surface area contributed by atoms with Crippen molar-refractivity contribution in [3.05, 3.63) is 23.8 Å². The molecule has 1 saturated heterocycles. The lowest BCUT2D eigenvalue weighted by molar-refractivity contribution is 0.190. The van der Waals surface area contributed by atoms with Crippen LogP contribution in [0, 0.1) is 0 Å². The molecule has 0 radical (unpaired) electrons. The van der Waals surface area contributed by atoms with Gasteiger partial charge in [0.2, 0.25) is 0 Å². The van der Waals surface area contributed by atoms with Crippen molar-refractivity contribution in [3.63, 3.8) is 0 Å². The van der Waals surface area contributed by atoms with Crippen molar-refractivity contribution in [1.29, 1.82) is 0 Å². The molecule has 0 atom stereocenters. The molecule has 0 amide bonds. The lowest BCUT2D eigenvalue weighted by atomic mass is 9.94. The summed E-state index contributed by atoms with van der Waals surface area (Å²) in [6.07, 6.45) is 13.4. The molecular weight excluding hydrogens is 294 g/mol. The zero-order chi connectivity index (χ0) is 16.8. The van der Waals surface area contributed by atoms with Gasteiger partial charge < -0.3 is 15.5 Å². The molecule has 0 spiro atoms. The summed E-state index contributed by atoms with van der Waals surface area (Å²) in [5.41, 5.74) is 9.96. The van der Waals surface area contributed by atoms with Crippen LogP contribution in [0.25, 0.3) is 0 Å². The molecule has 1 aromatic rings. The van der Waals surface area contributed by atoms with Gasteiger partial charge in [0.15, 0.2) is 0 Å². The summed E-state index contributed by atoms with van der Waals surface area (Å²) >= 11 is 0. The molecule has 1 aliphatic carbocycles. The second-order valence-corrected chi connectivity index (χ2v) is 7.82. The zero-order valence-corrected chi connectivity index (χ0v) is 15.5. The third-order valence-electron chi connectivity index (χ3n) is 5.96. The molecule has 1 heterocycles. The molecule has 1 aromatic carbocycles. The first kappa shape index (κ1) is 17.6. The molecule has 2 aliphatic rings. The van der Waals surface area contributed by atoms with Gasteiger partial charge in [-0.15, -0.1) is 0 Å². The Morgan fingerprint density at radius 2 is 1.75 bits per heavy atom. The average Bonchev–Trinajstić information content (AvgIpc) is 2.63. The first-order chi connectivity index (χ1) is 11.7. The Hall–Kier alpha value is -1.22. The monoisotopic (exact) mass is 329 g/mol. The Labute approximate surface area is 148 Å². The van der Waals surface area contributed by atoms with Crippen molar-refractivity contribution in [2.24, 2.45) is 0 Å². The molecule has 24 heavy (non-hydrogen) atoms. The van der Waals surface area contributed by atoms with Crippen LogP contribution in [0.3, 0.4) is 0 Å². The van der Waals surface area contributed by atoms with Crippen molar-refractivity contribution in [1.82, 2.24) is 4.90 Å². The lowest BCUT2D eigenvalue weighted by Gasteiger charge is -2.31. The average molecular weight is 330 g/mol. The maximum atomic E-state index is 6.35. The highest BCUT2D eigenvalue weighted by Gasteiger charge is 2.17. The van der Waals surface area contributed by atoms with E-state index in [1.807, 2.05) is 0 Å². The minimum Gasteiger partial charge on any atom is -0.397 e. The Kier molecular flexibility index (Phi) is 6.42. The van der Waals surface area contributed by atoms with E-state index < -0.39 is 0 Å². The van der Waals surface area contributed by atoms with Gasteiger partial charge in [0.1, 0.15) is 0 Å². The summed E-state index contributed by atoms with van der Waals surface area (Å²) in [5.74, 6) is 0. The topological polar surface area (TPSA) is 32.5 Å². The fourth-order valence-corrected chi connectivity index (χ4v) is 4.42. The number of hydrogen-bond acceptors (Lipinski definition) is 3. The fourth-order valence-electron chi connectivity index (χ4n) is 4.42. The summed E-state index contributed by atoms with van der Waals surface area (Å²) in [4.78, 5) is 5.05. The summed E-state index contributed by atoms with van der Waals surface area (Å²) < 4.78 is 0. The van der Waals surface area contributed by atoms with Crippen molar-refractivity contribution >= 4 is 11.4 Å². The van der Waals surface area contributed by atoms with E-state index in [0.29, 0.717) is 0 Å². The van der Waals surface area contributed by atoms with E-state index in [1.54, 1.807) is 0 Å². The summed E-state index contributed by atoms with van der Waals surface area (Å²) in [5, 5.41) is 0. The van der Waals surface area contributed by atoms with Gasteiger partial charge >= 0.3 is 0 Å². The van der Waals surface area contributed by atoms with Crippen LogP contribution in [0.15, 0.2) is 18.2 Å². The van der Waals surface area contributed by atoms with E-state index >= 15 is 0 Å². The number of benzene rings is 1. The molecule has 3 heteroatoms. The van der Waals surface area contributed by atoms with Crippen LogP contribution >= 0.6 is 0 Å². The third kappa shape index (κ3) is 4.66. The van der Waals surface area contributed by atoms with Crippen LogP contribution in [-0.2, 0) is 6.42 Å². The highest BCUT2D eigenvalue weighted by atomic mass is 15.1. The van der Waals surface area contributed by atoms with Crippen LogP contribution in [-0.4, -0.2) is 37.6 Å². The maximum absolute atomic E-state index is 6.35. The SMILES string of the molecule is CN(CCCc1ccc(N2CCCCC2)c(N)c1)C1CCCCC1. The zero-order valence-electron chi connectivity index (χ0n) is 15.5.